The first-order valence-electron chi connectivity index (χ1n) is 6.19. The van der Waals surface area contributed by atoms with Gasteiger partial charge in [-0.05, 0) is 29.7 Å². The van der Waals surface area contributed by atoms with E-state index in [1.165, 1.54) is 11.1 Å². The number of hydrogen-bond donors (Lipinski definition) is 1. The van der Waals surface area contributed by atoms with Crippen LogP contribution in [0, 0.1) is 0 Å². The van der Waals surface area contributed by atoms with Gasteiger partial charge in [0.25, 0.3) is 5.91 Å². The number of pyridine rings is 1. The van der Waals surface area contributed by atoms with E-state index >= 15 is 0 Å². The van der Waals surface area contributed by atoms with Gasteiger partial charge in [0.05, 0.1) is 6.04 Å². The van der Waals surface area contributed by atoms with Gasteiger partial charge in [0.2, 0.25) is 0 Å². The van der Waals surface area contributed by atoms with Crippen molar-refractivity contribution in [3.05, 3.63) is 65.5 Å². The molecule has 2 aromatic rings. The molecule has 1 N–H and O–H groups in total. The van der Waals surface area contributed by atoms with Gasteiger partial charge in [-0.15, -0.1) is 0 Å². The van der Waals surface area contributed by atoms with E-state index in [9.17, 15) is 4.79 Å². The Kier molecular flexibility index (Phi) is 3.34. The summed E-state index contributed by atoms with van der Waals surface area (Å²) in [6.07, 6.45) is 2.56. The molecule has 2 unspecified atom stereocenters. The number of halogens is 1. The number of hydrogen-bond acceptors (Lipinski definition) is 2. The monoisotopic (exact) mass is 316 g/mol. The van der Waals surface area contributed by atoms with Gasteiger partial charge in [-0.3, -0.25) is 9.78 Å². The Morgan fingerprint density at radius 2 is 2.00 bits per heavy atom. The maximum Gasteiger partial charge on any atom is 0.270 e. The van der Waals surface area contributed by atoms with Crippen molar-refractivity contribution in [3.8, 4) is 0 Å². The molecule has 0 saturated heterocycles. The zero-order chi connectivity index (χ0) is 13.2. The number of nitrogens with zero attached hydrogens (tertiary/aromatic N) is 1. The average molecular weight is 317 g/mol. The Bertz CT molecular complexity index is 600. The normalized spacial score (nSPS) is 20.9. The lowest BCUT2D eigenvalue weighted by Crippen LogP contribution is -2.32. The van der Waals surface area contributed by atoms with Crippen LogP contribution in [0.4, 0.5) is 0 Å². The van der Waals surface area contributed by atoms with Gasteiger partial charge in [-0.2, -0.15) is 0 Å². The summed E-state index contributed by atoms with van der Waals surface area (Å²) < 4.78 is 0. The summed E-state index contributed by atoms with van der Waals surface area (Å²) in [5, 5.41) is 3.05. The van der Waals surface area contributed by atoms with Crippen molar-refractivity contribution < 1.29 is 4.79 Å². The molecule has 1 aromatic heterocycles. The van der Waals surface area contributed by atoms with Crippen molar-refractivity contribution in [2.75, 3.05) is 0 Å². The number of aromatic nitrogens is 1. The lowest BCUT2D eigenvalue weighted by atomic mass is 10.1. The van der Waals surface area contributed by atoms with E-state index in [4.69, 9.17) is 0 Å². The number of rotatable bonds is 2. The number of alkyl halides is 1. The molecule has 0 aliphatic heterocycles. The predicted molar refractivity (Wildman–Crippen MR) is 77.3 cm³/mol. The van der Waals surface area contributed by atoms with Crippen molar-refractivity contribution in [2.45, 2.75) is 17.3 Å². The van der Waals surface area contributed by atoms with Crippen LogP contribution in [0.2, 0.25) is 0 Å². The van der Waals surface area contributed by atoms with Crippen LogP contribution in [0.15, 0.2) is 48.7 Å². The van der Waals surface area contributed by atoms with Crippen LogP contribution in [0.25, 0.3) is 0 Å². The summed E-state index contributed by atoms with van der Waals surface area (Å²) in [4.78, 5) is 16.5. The fourth-order valence-electron chi connectivity index (χ4n) is 2.43. The van der Waals surface area contributed by atoms with Crippen molar-refractivity contribution in [3.63, 3.8) is 0 Å². The molecule has 0 spiro atoms. The maximum atomic E-state index is 12.2. The average Bonchev–Trinajstić information content (AvgIpc) is 2.76. The highest BCUT2D eigenvalue weighted by atomic mass is 79.9. The Labute approximate surface area is 120 Å². The van der Waals surface area contributed by atoms with E-state index in [2.05, 4.69) is 38.4 Å². The predicted octanol–water partition coefficient (Wildman–Crippen LogP) is 2.87. The zero-order valence-corrected chi connectivity index (χ0v) is 11.8. The maximum absolute atomic E-state index is 12.2. The molecule has 2 atom stereocenters. The fraction of sp³-hybridized carbons (Fsp3) is 0.200. The Hall–Kier alpha value is -1.68. The van der Waals surface area contributed by atoms with Crippen LogP contribution in [0.3, 0.4) is 0 Å². The van der Waals surface area contributed by atoms with Gasteiger partial charge in [-0.1, -0.05) is 46.3 Å². The Morgan fingerprint density at radius 1 is 1.21 bits per heavy atom. The molecule has 1 aliphatic carbocycles. The number of benzene rings is 1. The smallest absolute Gasteiger partial charge is 0.270 e. The Morgan fingerprint density at radius 3 is 2.79 bits per heavy atom. The largest absolute Gasteiger partial charge is 0.343 e. The number of carbonyl (C=O) groups is 1. The second kappa shape index (κ2) is 5.13. The van der Waals surface area contributed by atoms with Gasteiger partial charge in [0, 0.05) is 11.0 Å². The van der Waals surface area contributed by atoms with Gasteiger partial charge in [0.1, 0.15) is 5.69 Å². The molecule has 0 bridgehead atoms. The molecule has 0 saturated carbocycles. The first-order valence-corrected chi connectivity index (χ1v) is 7.11. The van der Waals surface area contributed by atoms with Crippen LogP contribution in [-0.2, 0) is 6.42 Å². The minimum atomic E-state index is -0.133. The molecule has 1 aromatic carbocycles. The number of amides is 1. The molecule has 0 radical (unpaired) electrons. The highest BCUT2D eigenvalue weighted by molar-refractivity contribution is 9.09. The molecule has 4 heteroatoms. The third-order valence-electron chi connectivity index (χ3n) is 3.35. The second-order valence-corrected chi connectivity index (χ2v) is 5.76. The van der Waals surface area contributed by atoms with Gasteiger partial charge in [0.15, 0.2) is 0 Å². The minimum absolute atomic E-state index is 0.00528. The van der Waals surface area contributed by atoms with E-state index in [0.717, 1.165) is 6.42 Å². The second-order valence-electron chi connectivity index (χ2n) is 4.59. The van der Waals surface area contributed by atoms with Crippen molar-refractivity contribution in [1.82, 2.24) is 10.3 Å². The summed E-state index contributed by atoms with van der Waals surface area (Å²) in [7, 11) is 0. The highest BCUT2D eigenvalue weighted by Crippen LogP contribution is 2.35. The third-order valence-corrected chi connectivity index (χ3v) is 4.20. The molecule has 3 rings (SSSR count). The number of nitrogens with one attached hydrogen (secondary N) is 1. The SMILES string of the molecule is O=C(NC1c2ccccc2CC1Br)c1ccccn1. The summed E-state index contributed by atoms with van der Waals surface area (Å²) in [5.74, 6) is -0.133. The topological polar surface area (TPSA) is 42.0 Å². The Balaban J connectivity index is 1.82. The number of carbonyl (C=O) groups excluding carboxylic acids is 1. The lowest BCUT2D eigenvalue weighted by Gasteiger charge is -2.17. The van der Waals surface area contributed by atoms with Crippen molar-refractivity contribution in [1.29, 1.82) is 0 Å². The van der Waals surface area contributed by atoms with Crippen LogP contribution in [0.1, 0.15) is 27.7 Å². The molecule has 1 amide bonds. The van der Waals surface area contributed by atoms with E-state index in [1.54, 1.807) is 18.3 Å². The van der Waals surface area contributed by atoms with Crippen molar-refractivity contribution in [2.24, 2.45) is 0 Å². The molecule has 1 heterocycles. The van der Waals surface area contributed by atoms with Gasteiger partial charge < -0.3 is 5.32 Å². The minimum Gasteiger partial charge on any atom is -0.343 e. The summed E-state index contributed by atoms with van der Waals surface area (Å²) in [6.45, 7) is 0. The first kappa shape index (κ1) is 12.4. The van der Waals surface area contributed by atoms with Gasteiger partial charge >= 0.3 is 0 Å². The van der Waals surface area contributed by atoms with E-state index in [-0.39, 0.29) is 16.8 Å². The molecule has 3 nitrogen and oxygen atoms in total. The summed E-state index contributed by atoms with van der Waals surface area (Å²) in [5.41, 5.74) is 2.93. The summed E-state index contributed by atoms with van der Waals surface area (Å²) >= 11 is 3.65. The zero-order valence-electron chi connectivity index (χ0n) is 10.2. The van der Waals surface area contributed by atoms with Crippen molar-refractivity contribution >= 4 is 21.8 Å². The highest BCUT2D eigenvalue weighted by Gasteiger charge is 2.31. The molecular formula is C15H13BrN2O. The quantitative estimate of drug-likeness (QED) is 0.866. The van der Waals surface area contributed by atoms with E-state index < -0.39 is 0 Å². The third kappa shape index (κ3) is 2.40. The molecule has 0 fully saturated rings. The van der Waals surface area contributed by atoms with Crippen LogP contribution >= 0.6 is 15.9 Å². The summed E-state index contributed by atoms with van der Waals surface area (Å²) in [6, 6.07) is 13.6. The fourth-order valence-corrected chi connectivity index (χ4v) is 3.19. The standard InChI is InChI=1S/C15H13BrN2O/c16-12-9-10-5-1-2-6-11(10)14(12)18-15(19)13-7-3-4-8-17-13/h1-8,12,14H,9H2,(H,18,19). The molecule has 96 valence electrons. The molecular weight excluding hydrogens is 304 g/mol. The first-order chi connectivity index (χ1) is 9.25. The van der Waals surface area contributed by atoms with Crippen LogP contribution in [-0.4, -0.2) is 15.7 Å². The van der Waals surface area contributed by atoms with E-state index in [1.807, 2.05) is 18.2 Å². The molecule has 19 heavy (non-hydrogen) atoms. The molecule has 1 aliphatic rings. The van der Waals surface area contributed by atoms with Gasteiger partial charge in [-0.25, -0.2) is 0 Å². The lowest BCUT2D eigenvalue weighted by molar-refractivity contribution is 0.0933. The number of fused-ring (bicyclic) bond motifs is 1. The van der Waals surface area contributed by atoms with Crippen LogP contribution < -0.4 is 5.32 Å². The van der Waals surface area contributed by atoms with Crippen LogP contribution in [0.5, 0.6) is 0 Å². The van der Waals surface area contributed by atoms with E-state index in [0.29, 0.717) is 5.69 Å².